The van der Waals surface area contributed by atoms with Crippen molar-refractivity contribution in [2.45, 2.75) is 19.8 Å². The van der Waals surface area contributed by atoms with Gasteiger partial charge in [0.1, 0.15) is 0 Å². The van der Waals surface area contributed by atoms with Gasteiger partial charge in [0.25, 0.3) is 0 Å². The Bertz CT molecular complexity index is 134. The van der Waals surface area contributed by atoms with Gasteiger partial charge in [-0.25, -0.2) is 0 Å². The summed E-state index contributed by atoms with van der Waals surface area (Å²) in [4.78, 5) is 0. The molecule has 0 fully saturated rings. The molecule has 0 aliphatic rings. The highest BCUT2D eigenvalue weighted by molar-refractivity contribution is 4.93. The summed E-state index contributed by atoms with van der Waals surface area (Å²) in [6.45, 7) is 5.39. The van der Waals surface area contributed by atoms with E-state index in [9.17, 15) is 0 Å². The lowest BCUT2D eigenvalue weighted by Gasteiger charge is -2.06. The summed E-state index contributed by atoms with van der Waals surface area (Å²) in [5.74, 6) is 0. The van der Waals surface area contributed by atoms with Crippen LogP contribution in [-0.2, 0) is 0 Å². The predicted molar refractivity (Wildman–Crippen MR) is 57.1 cm³/mol. The van der Waals surface area contributed by atoms with E-state index in [1.807, 2.05) is 13.1 Å². The highest BCUT2D eigenvalue weighted by Gasteiger charge is 1.86. The molecule has 0 saturated heterocycles. The molecule has 0 aliphatic heterocycles. The lowest BCUT2D eigenvalue weighted by atomic mass is 10.4. The summed E-state index contributed by atoms with van der Waals surface area (Å²) < 4.78 is 0. The second-order valence-electron chi connectivity index (χ2n) is 2.99. The van der Waals surface area contributed by atoms with Crippen LogP contribution in [0.2, 0.25) is 0 Å². The number of hydrogen-bond acceptors (Lipinski definition) is 4. The Kier molecular flexibility index (Phi) is 8.82. The Morgan fingerprint density at radius 1 is 1.15 bits per heavy atom. The van der Waals surface area contributed by atoms with Crippen LogP contribution in [0, 0.1) is 0 Å². The van der Waals surface area contributed by atoms with E-state index in [4.69, 9.17) is 11.5 Å². The number of hydrogen-bond donors (Lipinski definition) is 4. The minimum absolute atomic E-state index is 0.737. The van der Waals surface area contributed by atoms with Crippen molar-refractivity contribution in [1.82, 2.24) is 10.6 Å². The highest BCUT2D eigenvalue weighted by Crippen LogP contribution is 1.84. The average Bonchev–Trinajstić information content (AvgIpc) is 2.13. The van der Waals surface area contributed by atoms with Gasteiger partial charge in [-0.1, -0.05) is 0 Å². The van der Waals surface area contributed by atoms with Gasteiger partial charge in [-0.15, -0.1) is 0 Å². The molecule has 0 aromatic heterocycles. The molecule has 0 unspecified atom stereocenters. The maximum atomic E-state index is 5.37. The van der Waals surface area contributed by atoms with Crippen LogP contribution in [0.5, 0.6) is 0 Å². The van der Waals surface area contributed by atoms with Crippen molar-refractivity contribution in [3.05, 3.63) is 11.9 Å². The molecular formula is C9H22N4. The van der Waals surface area contributed by atoms with E-state index in [1.165, 1.54) is 0 Å². The maximum Gasteiger partial charge on any atom is 0.0234 e. The van der Waals surface area contributed by atoms with Gasteiger partial charge in [0, 0.05) is 25.0 Å². The number of allylic oxidation sites excluding steroid dienone is 1. The molecule has 0 saturated carbocycles. The summed E-state index contributed by atoms with van der Waals surface area (Å²) in [7, 11) is 0. The third kappa shape index (κ3) is 9.17. The first-order valence-electron chi connectivity index (χ1n) is 4.85. The summed E-state index contributed by atoms with van der Waals surface area (Å²) in [5, 5.41) is 6.43. The maximum absolute atomic E-state index is 5.37. The Morgan fingerprint density at radius 2 is 1.77 bits per heavy atom. The molecule has 78 valence electrons. The summed E-state index contributed by atoms with van der Waals surface area (Å²) in [6, 6.07) is 0. The monoisotopic (exact) mass is 186 g/mol. The molecule has 0 bridgehead atoms. The standard InChI is InChI=1S/C9H22N4/c1-9(13-7-3-5-11)8-12-6-2-4-10/h8,12-13H,2-7,10-11H2,1H3. The van der Waals surface area contributed by atoms with Gasteiger partial charge in [0.2, 0.25) is 0 Å². The van der Waals surface area contributed by atoms with E-state index in [-0.39, 0.29) is 0 Å². The molecule has 0 aliphatic carbocycles. The van der Waals surface area contributed by atoms with E-state index < -0.39 is 0 Å². The molecule has 4 nitrogen and oxygen atoms in total. The van der Waals surface area contributed by atoms with E-state index in [0.29, 0.717) is 0 Å². The molecule has 0 aromatic carbocycles. The fourth-order valence-electron chi connectivity index (χ4n) is 0.868. The number of nitrogens with two attached hydrogens (primary N) is 2. The van der Waals surface area contributed by atoms with E-state index in [1.54, 1.807) is 0 Å². The van der Waals surface area contributed by atoms with Crippen LogP contribution < -0.4 is 22.1 Å². The third-order valence-corrected chi connectivity index (χ3v) is 1.63. The van der Waals surface area contributed by atoms with Crippen LogP contribution in [0.1, 0.15) is 19.8 Å². The molecule has 0 rings (SSSR count). The van der Waals surface area contributed by atoms with Crippen LogP contribution in [0.25, 0.3) is 0 Å². The van der Waals surface area contributed by atoms with Crippen LogP contribution in [0.4, 0.5) is 0 Å². The van der Waals surface area contributed by atoms with Crippen LogP contribution in [0.3, 0.4) is 0 Å². The predicted octanol–water partition coefficient (Wildman–Crippen LogP) is -0.275. The van der Waals surface area contributed by atoms with Crippen molar-refractivity contribution in [3.63, 3.8) is 0 Å². The van der Waals surface area contributed by atoms with E-state index in [0.717, 1.165) is 44.7 Å². The second kappa shape index (κ2) is 9.35. The number of nitrogens with one attached hydrogen (secondary N) is 2. The van der Waals surface area contributed by atoms with Crippen molar-refractivity contribution in [3.8, 4) is 0 Å². The largest absolute Gasteiger partial charge is 0.389 e. The number of rotatable bonds is 8. The van der Waals surface area contributed by atoms with Gasteiger partial charge < -0.3 is 22.1 Å². The van der Waals surface area contributed by atoms with Crippen molar-refractivity contribution < 1.29 is 0 Å². The van der Waals surface area contributed by atoms with Gasteiger partial charge in [0.15, 0.2) is 0 Å². The molecule has 6 N–H and O–H groups in total. The van der Waals surface area contributed by atoms with Crippen molar-refractivity contribution in [2.75, 3.05) is 26.2 Å². The molecule has 13 heavy (non-hydrogen) atoms. The summed E-state index contributed by atoms with van der Waals surface area (Å²) in [6.07, 6.45) is 3.99. The lowest BCUT2D eigenvalue weighted by Crippen LogP contribution is -2.19. The summed E-state index contributed by atoms with van der Waals surface area (Å²) >= 11 is 0. The minimum Gasteiger partial charge on any atom is -0.389 e. The van der Waals surface area contributed by atoms with Crippen molar-refractivity contribution in [1.29, 1.82) is 0 Å². The molecule has 0 radical (unpaired) electrons. The van der Waals surface area contributed by atoms with Gasteiger partial charge in [-0.3, -0.25) is 0 Å². The fraction of sp³-hybridized carbons (Fsp3) is 0.778. The van der Waals surface area contributed by atoms with E-state index in [2.05, 4.69) is 10.6 Å². The van der Waals surface area contributed by atoms with Gasteiger partial charge in [0.05, 0.1) is 0 Å². The summed E-state index contributed by atoms with van der Waals surface area (Å²) in [5.41, 5.74) is 11.9. The molecule has 0 spiro atoms. The zero-order chi connectivity index (χ0) is 9.94. The molecule has 0 amide bonds. The Hall–Kier alpha value is -0.740. The molecule has 0 aromatic rings. The minimum atomic E-state index is 0.737. The molecule has 0 atom stereocenters. The van der Waals surface area contributed by atoms with Crippen LogP contribution in [-0.4, -0.2) is 26.2 Å². The van der Waals surface area contributed by atoms with E-state index >= 15 is 0 Å². The zero-order valence-corrected chi connectivity index (χ0v) is 8.47. The quantitative estimate of drug-likeness (QED) is 0.393. The molecular weight excluding hydrogens is 164 g/mol. The van der Waals surface area contributed by atoms with Crippen molar-refractivity contribution >= 4 is 0 Å². The van der Waals surface area contributed by atoms with Crippen LogP contribution in [0.15, 0.2) is 11.9 Å². The average molecular weight is 186 g/mol. The normalized spacial score (nSPS) is 11.5. The molecule has 4 heteroatoms. The Morgan fingerprint density at radius 3 is 2.38 bits per heavy atom. The van der Waals surface area contributed by atoms with Crippen molar-refractivity contribution in [2.24, 2.45) is 11.5 Å². The van der Waals surface area contributed by atoms with Gasteiger partial charge in [-0.2, -0.15) is 0 Å². The zero-order valence-electron chi connectivity index (χ0n) is 8.47. The van der Waals surface area contributed by atoms with Crippen LogP contribution >= 0.6 is 0 Å². The second-order valence-corrected chi connectivity index (χ2v) is 2.99. The van der Waals surface area contributed by atoms with Gasteiger partial charge in [-0.05, 0) is 32.9 Å². The Labute approximate surface area is 80.7 Å². The highest BCUT2D eigenvalue weighted by atomic mass is 14.9. The molecule has 0 heterocycles. The first-order chi connectivity index (χ1) is 6.31. The SMILES string of the molecule is CC(=CNCCCN)NCCCN. The first-order valence-corrected chi connectivity index (χ1v) is 4.85. The third-order valence-electron chi connectivity index (χ3n) is 1.63. The smallest absolute Gasteiger partial charge is 0.0234 e. The van der Waals surface area contributed by atoms with Gasteiger partial charge >= 0.3 is 0 Å². The fourth-order valence-corrected chi connectivity index (χ4v) is 0.868. The lowest BCUT2D eigenvalue weighted by molar-refractivity contribution is 0.711. The Balaban J connectivity index is 3.29. The first kappa shape index (κ1) is 12.3. The topological polar surface area (TPSA) is 76.1 Å².